The Morgan fingerprint density at radius 1 is 1.60 bits per heavy atom. The zero-order valence-electron chi connectivity index (χ0n) is 11.6. The van der Waals surface area contributed by atoms with E-state index in [-0.39, 0.29) is 11.5 Å². The molecule has 2 fully saturated rings. The number of fused-ring (bicyclic) bond motifs is 1. The molecule has 20 heavy (non-hydrogen) atoms. The third kappa shape index (κ3) is 1.74. The van der Waals surface area contributed by atoms with E-state index in [1.807, 2.05) is 11.8 Å². The van der Waals surface area contributed by atoms with Gasteiger partial charge in [0.15, 0.2) is 5.82 Å². The summed E-state index contributed by atoms with van der Waals surface area (Å²) in [6.45, 7) is 3.53. The lowest BCUT2D eigenvalue weighted by molar-refractivity contribution is -0.149. The van der Waals surface area contributed by atoms with Crippen molar-refractivity contribution >= 4 is 11.8 Å². The average Bonchev–Trinajstić information content (AvgIpc) is 2.96. The predicted molar refractivity (Wildman–Crippen MR) is 73.8 cm³/mol. The second-order valence-corrected chi connectivity index (χ2v) is 5.77. The molecule has 0 spiro atoms. The molecule has 0 aromatic carbocycles. The van der Waals surface area contributed by atoms with Gasteiger partial charge in [0.25, 0.3) is 5.56 Å². The molecule has 1 aliphatic carbocycles. The normalized spacial score (nSPS) is 28.6. The molecule has 1 aromatic heterocycles. The first-order valence-electron chi connectivity index (χ1n) is 7.12. The fourth-order valence-corrected chi connectivity index (χ4v) is 3.70. The Labute approximate surface area is 117 Å². The van der Waals surface area contributed by atoms with Crippen molar-refractivity contribution in [3.8, 4) is 0 Å². The van der Waals surface area contributed by atoms with Crippen molar-refractivity contribution in [2.24, 2.45) is 11.3 Å². The summed E-state index contributed by atoms with van der Waals surface area (Å²) in [7, 11) is 0. The first-order valence-corrected chi connectivity index (χ1v) is 7.12. The lowest BCUT2D eigenvalue weighted by Crippen LogP contribution is -2.37. The van der Waals surface area contributed by atoms with Gasteiger partial charge in [0.1, 0.15) is 0 Å². The third-order valence-electron chi connectivity index (χ3n) is 4.83. The van der Waals surface area contributed by atoms with Crippen molar-refractivity contribution in [3.05, 3.63) is 22.7 Å². The van der Waals surface area contributed by atoms with Crippen LogP contribution in [0, 0.1) is 11.3 Å². The van der Waals surface area contributed by atoms with Gasteiger partial charge in [0.2, 0.25) is 0 Å². The highest BCUT2D eigenvalue weighted by atomic mass is 16.4. The highest BCUT2D eigenvalue weighted by Gasteiger charge is 2.55. The number of anilines is 1. The summed E-state index contributed by atoms with van der Waals surface area (Å²) in [5.74, 6) is -0.199. The quantitative estimate of drug-likeness (QED) is 0.890. The molecule has 6 heteroatoms. The Kier molecular flexibility index (Phi) is 3.03. The molecule has 0 bridgehead atoms. The Balaban J connectivity index is 1.95. The van der Waals surface area contributed by atoms with E-state index < -0.39 is 11.4 Å². The third-order valence-corrected chi connectivity index (χ3v) is 4.83. The second kappa shape index (κ2) is 4.61. The molecule has 1 saturated carbocycles. The molecule has 1 saturated heterocycles. The predicted octanol–water partition coefficient (Wildman–Crippen LogP) is 0.954. The van der Waals surface area contributed by atoms with E-state index >= 15 is 0 Å². The number of carbonyl (C=O) groups is 1. The summed E-state index contributed by atoms with van der Waals surface area (Å²) < 4.78 is 1.60. The maximum Gasteiger partial charge on any atom is 0.311 e. The molecule has 2 heterocycles. The van der Waals surface area contributed by atoms with Crippen LogP contribution in [0.4, 0.5) is 5.82 Å². The summed E-state index contributed by atoms with van der Waals surface area (Å²) in [6.07, 6.45) is 5.87. The summed E-state index contributed by atoms with van der Waals surface area (Å²) in [6, 6.07) is 0. The SMILES string of the molecule is CCn1ccnc(N2C[C@@H]3CCC[C@@]3(C(=O)O)C2)c1=O. The first kappa shape index (κ1) is 13.1. The van der Waals surface area contributed by atoms with Gasteiger partial charge in [-0.25, -0.2) is 4.98 Å². The standard InChI is InChI=1S/C14H19N3O3/c1-2-16-7-6-15-11(12(16)18)17-8-10-4-3-5-14(10,9-17)13(19)20/h6-7,10H,2-5,8-9H2,1H3,(H,19,20)/t10-,14+/m0/s1. The number of rotatable bonds is 3. The molecule has 2 aliphatic rings. The van der Waals surface area contributed by atoms with Crippen molar-refractivity contribution in [3.63, 3.8) is 0 Å². The minimum atomic E-state index is -0.728. The summed E-state index contributed by atoms with van der Waals surface area (Å²) >= 11 is 0. The van der Waals surface area contributed by atoms with Crippen molar-refractivity contribution in [2.75, 3.05) is 18.0 Å². The number of aliphatic carboxylic acids is 1. The van der Waals surface area contributed by atoms with E-state index in [0.717, 1.165) is 12.8 Å². The fourth-order valence-electron chi connectivity index (χ4n) is 3.70. The zero-order chi connectivity index (χ0) is 14.3. The molecule has 0 amide bonds. The molecule has 108 valence electrons. The van der Waals surface area contributed by atoms with Crippen LogP contribution in [0.1, 0.15) is 26.2 Å². The largest absolute Gasteiger partial charge is 0.481 e. The van der Waals surface area contributed by atoms with Gasteiger partial charge in [-0.3, -0.25) is 9.59 Å². The van der Waals surface area contributed by atoms with Crippen LogP contribution in [0.3, 0.4) is 0 Å². The van der Waals surface area contributed by atoms with E-state index in [0.29, 0.717) is 31.9 Å². The van der Waals surface area contributed by atoms with Crippen LogP contribution in [0.25, 0.3) is 0 Å². The molecular weight excluding hydrogens is 258 g/mol. The summed E-state index contributed by atoms with van der Waals surface area (Å²) in [4.78, 5) is 30.0. The van der Waals surface area contributed by atoms with Gasteiger partial charge >= 0.3 is 5.97 Å². The van der Waals surface area contributed by atoms with Crippen LogP contribution in [-0.4, -0.2) is 33.7 Å². The number of carboxylic acids is 1. The molecule has 1 aromatic rings. The van der Waals surface area contributed by atoms with Gasteiger partial charge < -0.3 is 14.6 Å². The maximum absolute atomic E-state index is 12.3. The zero-order valence-corrected chi connectivity index (χ0v) is 11.6. The van der Waals surface area contributed by atoms with Gasteiger partial charge in [0.05, 0.1) is 5.41 Å². The van der Waals surface area contributed by atoms with E-state index in [1.54, 1.807) is 17.0 Å². The van der Waals surface area contributed by atoms with Gasteiger partial charge in [-0.1, -0.05) is 6.42 Å². The van der Waals surface area contributed by atoms with Gasteiger partial charge in [-0.05, 0) is 25.7 Å². The van der Waals surface area contributed by atoms with Crippen LogP contribution < -0.4 is 10.5 Å². The topological polar surface area (TPSA) is 75.4 Å². The van der Waals surface area contributed by atoms with E-state index in [1.165, 1.54) is 0 Å². The van der Waals surface area contributed by atoms with Gasteiger partial charge in [-0.15, -0.1) is 0 Å². The van der Waals surface area contributed by atoms with Crippen LogP contribution in [0.2, 0.25) is 0 Å². The van der Waals surface area contributed by atoms with E-state index in [2.05, 4.69) is 4.98 Å². The number of carboxylic acid groups (broad SMARTS) is 1. The smallest absolute Gasteiger partial charge is 0.311 e. The monoisotopic (exact) mass is 277 g/mol. The van der Waals surface area contributed by atoms with Crippen LogP contribution in [0.15, 0.2) is 17.2 Å². The Hall–Kier alpha value is -1.85. The number of hydrogen-bond acceptors (Lipinski definition) is 4. The number of hydrogen-bond donors (Lipinski definition) is 1. The number of aromatic nitrogens is 2. The Morgan fingerprint density at radius 2 is 2.40 bits per heavy atom. The van der Waals surface area contributed by atoms with Crippen molar-refractivity contribution in [1.82, 2.24) is 9.55 Å². The van der Waals surface area contributed by atoms with Crippen LogP contribution in [0.5, 0.6) is 0 Å². The second-order valence-electron chi connectivity index (χ2n) is 5.77. The minimum Gasteiger partial charge on any atom is -0.481 e. The number of nitrogens with zero attached hydrogens (tertiary/aromatic N) is 3. The number of aryl methyl sites for hydroxylation is 1. The van der Waals surface area contributed by atoms with Gasteiger partial charge in [-0.2, -0.15) is 0 Å². The molecule has 0 unspecified atom stereocenters. The summed E-state index contributed by atoms with van der Waals surface area (Å²) in [5, 5.41) is 9.58. The average molecular weight is 277 g/mol. The highest BCUT2D eigenvalue weighted by molar-refractivity contribution is 5.77. The first-order chi connectivity index (χ1) is 9.58. The molecule has 3 rings (SSSR count). The van der Waals surface area contributed by atoms with Crippen molar-refractivity contribution < 1.29 is 9.90 Å². The van der Waals surface area contributed by atoms with Gasteiger partial charge in [0, 0.05) is 32.0 Å². The molecule has 2 atom stereocenters. The highest BCUT2D eigenvalue weighted by Crippen LogP contribution is 2.49. The molecule has 0 radical (unpaired) electrons. The maximum atomic E-state index is 12.3. The molecule has 6 nitrogen and oxygen atoms in total. The Bertz CT molecular complexity index is 598. The molecular formula is C14H19N3O3. The minimum absolute atomic E-state index is 0.129. The van der Waals surface area contributed by atoms with E-state index in [4.69, 9.17) is 0 Å². The van der Waals surface area contributed by atoms with E-state index in [9.17, 15) is 14.7 Å². The van der Waals surface area contributed by atoms with Crippen molar-refractivity contribution in [2.45, 2.75) is 32.7 Å². The lowest BCUT2D eigenvalue weighted by Gasteiger charge is -2.23. The summed E-state index contributed by atoms with van der Waals surface area (Å²) in [5.41, 5.74) is -0.809. The molecule has 1 aliphatic heterocycles. The van der Waals surface area contributed by atoms with Crippen molar-refractivity contribution in [1.29, 1.82) is 0 Å². The van der Waals surface area contributed by atoms with Crippen LogP contribution >= 0.6 is 0 Å². The van der Waals surface area contributed by atoms with Crippen LogP contribution in [-0.2, 0) is 11.3 Å². The Morgan fingerprint density at radius 3 is 3.05 bits per heavy atom. The fraction of sp³-hybridized carbons (Fsp3) is 0.643. The molecule has 1 N–H and O–H groups in total. The lowest BCUT2D eigenvalue weighted by atomic mass is 9.81.